The summed E-state index contributed by atoms with van der Waals surface area (Å²) in [7, 11) is 0. The fourth-order valence-electron chi connectivity index (χ4n) is 3.89. The van der Waals surface area contributed by atoms with Crippen molar-refractivity contribution in [3.63, 3.8) is 0 Å². The molecule has 1 heterocycles. The zero-order chi connectivity index (χ0) is 14.7. The van der Waals surface area contributed by atoms with E-state index in [1.807, 2.05) is 18.7 Å². The van der Waals surface area contributed by atoms with Crippen LogP contribution in [0, 0.1) is 17.8 Å². The summed E-state index contributed by atoms with van der Waals surface area (Å²) in [6.45, 7) is 4.72. The lowest BCUT2D eigenvalue weighted by Gasteiger charge is -2.45. The molecule has 0 bridgehead atoms. The minimum atomic E-state index is -0.499. The second kappa shape index (κ2) is 6.46. The molecule has 3 N–H and O–H groups in total. The quantitative estimate of drug-likeness (QED) is 0.360. The van der Waals surface area contributed by atoms with Gasteiger partial charge in [0.2, 0.25) is 5.91 Å². The van der Waals surface area contributed by atoms with Crippen molar-refractivity contribution in [2.24, 2.45) is 28.6 Å². The summed E-state index contributed by atoms with van der Waals surface area (Å²) in [6, 6.07) is 0.373. The van der Waals surface area contributed by atoms with E-state index in [9.17, 15) is 4.79 Å². The van der Waals surface area contributed by atoms with Crippen LogP contribution >= 0.6 is 0 Å². The number of amides is 1. The van der Waals surface area contributed by atoms with Crippen molar-refractivity contribution >= 4 is 11.7 Å². The molecule has 5 heteroatoms. The predicted octanol–water partition coefficient (Wildman–Crippen LogP) is 2.19. The Morgan fingerprint density at radius 1 is 1.25 bits per heavy atom. The molecule has 1 saturated heterocycles. The van der Waals surface area contributed by atoms with Crippen molar-refractivity contribution in [2.45, 2.75) is 58.4 Å². The second-order valence-corrected chi connectivity index (χ2v) is 6.53. The maximum atomic E-state index is 12.8. The van der Waals surface area contributed by atoms with Crippen molar-refractivity contribution in [2.75, 3.05) is 6.54 Å². The molecule has 114 valence electrons. The number of rotatable bonds is 3. The summed E-state index contributed by atoms with van der Waals surface area (Å²) in [4.78, 5) is 14.9. The average molecular weight is 281 g/mol. The van der Waals surface area contributed by atoms with Crippen LogP contribution in [0.25, 0.3) is 0 Å². The van der Waals surface area contributed by atoms with E-state index >= 15 is 0 Å². The highest BCUT2D eigenvalue weighted by atomic mass is 16.4. The smallest absolute Gasteiger partial charge is 0.233 e. The lowest BCUT2D eigenvalue weighted by atomic mass is 9.77. The largest absolute Gasteiger partial charge is 0.409 e. The van der Waals surface area contributed by atoms with E-state index in [-0.39, 0.29) is 17.7 Å². The highest BCUT2D eigenvalue weighted by molar-refractivity contribution is 6.02. The molecular weight excluding hydrogens is 254 g/mol. The summed E-state index contributed by atoms with van der Waals surface area (Å²) >= 11 is 0. The van der Waals surface area contributed by atoms with E-state index < -0.39 is 5.92 Å². The number of likely N-dealkylation sites (tertiary alicyclic amines) is 1. The van der Waals surface area contributed by atoms with E-state index in [0.717, 1.165) is 19.4 Å². The minimum absolute atomic E-state index is 0.0439. The molecule has 20 heavy (non-hydrogen) atoms. The first-order valence-corrected chi connectivity index (χ1v) is 7.84. The summed E-state index contributed by atoms with van der Waals surface area (Å²) < 4.78 is 0. The van der Waals surface area contributed by atoms with Crippen LogP contribution in [0.1, 0.15) is 52.4 Å². The van der Waals surface area contributed by atoms with Gasteiger partial charge in [-0.3, -0.25) is 4.79 Å². The fraction of sp³-hybridized carbons (Fsp3) is 0.867. The number of amidine groups is 1. The van der Waals surface area contributed by atoms with Crippen LogP contribution in [0.4, 0.5) is 0 Å². The molecule has 0 aromatic carbocycles. The number of nitrogens with zero attached hydrogens (tertiary/aromatic N) is 2. The molecule has 2 aliphatic rings. The summed E-state index contributed by atoms with van der Waals surface area (Å²) in [5, 5.41) is 12.0. The minimum Gasteiger partial charge on any atom is -0.409 e. The van der Waals surface area contributed by atoms with Crippen molar-refractivity contribution in [3.05, 3.63) is 0 Å². The Morgan fingerprint density at radius 2 is 1.90 bits per heavy atom. The van der Waals surface area contributed by atoms with Gasteiger partial charge in [0.15, 0.2) is 5.84 Å². The van der Waals surface area contributed by atoms with Gasteiger partial charge in [0.05, 0.1) is 0 Å². The van der Waals surface area contributed by atoms with Crippen molar-refractivity contribution in [1.29, 1.82) is 0 Å². The van der Waals surface area contributed by atoms with Gasteiger partial charge in [0, 0.05) is 12.6 Å². The number of hydrogen-bond donors (Lipinski definition) is 2. The lowest BCUT2D eigenvalue weighted by molar-refractivity contribution is -0.141. The van der Waals surface area contributed by atoms with Gasteiger partial charge in [-0.1, -0.05) is 31.8 Å². The van der Waals surface area contributed by atoms with Crippen LogP contribution in [0.15, 0.2) is 5.16 Å². The Hall–Kier alpha value is -1.26. The van der Waals surface area contributed by atoms with Crippen LogP contribution in [0.5, 0.6) is 0 Å². The van der Waals surface area contributed by atoms with Crippen LogP contribution < -0.4 is 5.73 Å². The Morgan fingerprint density at radius 3 is 2.55 bits per heavy atom. The third kappa shape index (κ3) is 2.91. The number of hydrogen-bond acceptors (Lipinski definition) is 3. The first kappa shape index (κ1) is 15.1. The molecule has 0 radical (unpaired) electrons. The van der Waals surface area contributed by atoms with E-state index in [0.29, 0.717) is 12.0 Å². The molecular formula is C15H27N3O2. The number of carbonyl (C=O) groups is 1. The summed E-state index contributed by atoms with van der Waals surface area (Å²) in [6.07, 6.45) is 7.16. The molecule has 0 aromatic rings. The third-order valence-corrected chi connectivity index (χ3v) is 4.89. The Labute approximate surface area is 121 Å². The van der Waals surface area contributed by atoms with Crippen LogP contribution in [0.3, 0.4) is 0 Å². The van der Waals surface area contributed by atoms with Crippen LogP contribution in [-0.2, 0) is 4.79 Å². The van der Waals surface area contributed by atoms with Gasteiger partial charge in [0.1, 0.15) is 5.92 Å². The molecule has 3 atom stereocenters. The molecule has 0 spiro atoms. The second-order valence-electron chi connectivity index (χ2n) is 6.53. The number of oxime groups is 1. The van der Waals surface area contributed by atoms with Crippen molar-refractivity contribution in [1.82, 2.24) is 4.90 Å². The van der Waals surface area contributed by atoms with Gasteiger partial charge in [-0.25, -0.2) is 0 Å². The van der Waals surface area contributed by atoms with Gasteiger partial charge in [0.25, 0.3) is 0 Å². The molecule has 1 aliphatic heterocycles. The zero-order valence-corrected chi connectivity index (χ0v) is 12.6. The zero-order valence-electron chi connectivity index (χ0n) is 12.6. The Bertz CT molecular complexity index is 379. The average Bonchev–Trinajstić information content (AvgIpc) is 2.46. The highest BCUT2D eigenvalue weighted by Gasteiger charge is 2.39. The van der Waals surface area contributed by atoms with Crippen LogP contribution in [-0.4, -0.2) is 34.4 Å². The SMILES string of the molecule is CC(C)C(C(=O)N1CCC[C@H]2CCCC[C@H]21)C(N)=NO. The molecule has 1 unspecified atom stereocenters. The van der Waals surface area contributed by atoms with Crippen molar-refractivity contribution in [3.8, 4) is 0 Å². The maximum absolute atomic E-state index is 12.8. The number of piperidine rings is 1. The van der Waals surface area contributed by atoms with Crippen molar-refractivity contribution < 1.29 is 10.0 Å². The molecule has 2 rings (SSSR count). The topological polar surface area (TPSA) is 78.9 Å². The molecule has 1 amide bonds. The molecule has 0 aromatic heterocycles. The first-order valence-electron chi connectivity index (χ1n) is 7.84. The standard InChI is InChI=1S/C15H27N3O2/c1-10(2)13(14(16)17-20)15(19)18-9-5-7-11-6-3-4-8-12(11)18/h10-13,20H,3-9H2,1-2H3,(H2,16,17)/t11-,12-,13?/m1/s1. The summed E-state index contributed by atoms with van der Waals surface area (Å²) in [5.41, 5.74) is 5.75. The van der Waals surface area contributed by atoms with E-state index in [4.69, 9.17) is 10.9 Å². The van der Waals surface area contributed by atoms with Crippen LogP contribution in [0.2, 0.25) is 0 Å². The van der Waals surface area contributed by atoms with Gasteiger partial charge in [-0.15, -0.1) is 0 Å². The van der Waals surface area contributed by atoms with E-state index in [1.54, 1.807) is 0 Å². The van der Waals surface area contributed by atoms with Gasteiger partial charge >= 0.3 is 0 Å². The molecule has 1 saturated carbocycles. The van der Waals surface area contributed by atoms with Gasteiger partial charge in [-0.05, 0) is 37.5 Å². The first-order chi connectivity index (χ1) is 9.56. The fourth-order valence-corrected chi connectivity index (χ4v) is 3.89. The highest BCUT2D eigenvalue weighted by Crippen LogP contribution is 2.36. The Balaban J connectivity index is 2.17. The monoisotopic (exact) mass is 281 g/mol. The summed E-state index contributed by atoms with van der Waals surface area (Å²) in [5.74, 6) is 0.291. The number of fused-ring (bicyclic) bond motifs is 1. The normalized spacial score (nSPS) is 29.1. The third-order valence-electron chi connectivity index (χ3n) is 4.89. The van der Waals surface area contributed by atoms with Gasteiger partial charge < -0.3 is 15.8 Å². The molecule has 5 nitrogen and oxygen atoms in total. The van der Waals surface area contributed by atoms with Gasteiger partial charge in [-0.2, -0.15) is 0 Å². The predicted molar refractivity (Wildman–Crippen MR) is 78.4 cm³/mol. The van der Waals surface area contributed by atoms with E-state index in [2.05, 4.69) is 5.16 Å². The number of nitrogens with two attached hydrogens (primary N) is 1. The number of carbonyl (C=O) groups excluding carboxylic acids is 1. The Kier molecular flexibility index (Phi) is 4.89. The molecule has 1 aliphatic carbocycles. The van der Waals surface area contributed by atoms with E-state index in [1.165, 1.54) is 25.7 Å². The molecule has 2 fully saturated rings. The maximum Gasteiger partial charge on any atom is 0.233 e. The lowest BCUT2D eigenvalue weighted by Crippen LogP contribution is -2.54.